The Bertz CT molecular complexity index is 1130. The van der Waals surface area contributed by atoms with E-state index in [1.165, 1.54) is 0 Å². The molecule has 5 rings (SSSR count). The minimum Gasteiger partial charge on any atom is -0.448 e. The van der Waals surface area contributed by atoms with E-state index in [0.29, 0.717) is 35.7 Å². The van der Waals surface area contributed by atoms with Crippen molar-refractivity contribution in [2.24, 2.45) is 11.7 Å². The monoisotopic (exact) mass is 437 g/mol. The van der Waals surface area contributed by atoms with E-state index >= 15 is 0 Å². The molecule has 0 spiro atoms. The number of aromatic nitrogens is 1. The second-order valence-electron chi connectivity index (χ2n) is 9.71. The molecule has 1 amide bonds. The number of H-pyrrole nitrogens is 1. The Balaban J connectivity index is 1.38. The third-order valence-corrected chi connectivity index (χ3v) is 7.32. The van der Waals surface area contributed by atoms with Gasteiger partial charge in [-0.05, 0) is 75.3 Å². The van der Waals surface area contributed by atoms with Gasteiger partial charge in [-0.3, -0.25) is 9.59 Å². The molecule has 7 nitrogen and oxygen atoms in total. The molecule has 170 valence electrons. The van der Waals surface area contributed by atoms with E-state index < -0.39 is 5.79 Å². The Hall–Kier alpha value is -2.80. The molecular formula is C25H31N3O4. The maximum absolute atomic E-state index is 13.3. The van der Waals surface area contributed by atoms with Crippen LogP contribution in [-0.4, -0.2) is 34.2 Å². The van der Waals surface area contributed by atoms with Crippen LogP contribution in [0.5, 0.6) is 11.5 Å². The predicted octanol–water partition coefficient (Wildman–Crippen LogP) is 3.20. The molecule has 2 aromatic rings. The molecule has 3 aliphatic rings. The number of aromatic amines is 1. The highest BCUT2D eigenvalue weighted by Crippen LogP contribution is 2.47. The number of fused-ring (bicyclic) bond motifs is 2. The Morgan fingerprint density at radius 3 is 2.47 bits per heavy atom. The number of pyridine rings is 1. The fourth-order valence-corrected chi connectivity index (χ4v) is 5.38. The molecule has 3 heterocycles. The van der Waals surface area contributed by atoms with Crippen LogP contribution >= 0.6 is 0 Å². The van der Waals surface area contributed by atoms with Gasteiger partial charge in [-0.25, -0.2) is 0 Å². The fourth-order valence-electron chi connectivity index (χ4n) is 5.38. The quantitative estimate of drug-likeness (QED) is 0.769. The van der Waals surface area contributed by atoms with Crippen LogP contribution in [0.2, 0.25) is 0 Å². The standard InChI is InChI=1S/C25H31N3O4/c1-14-10-15(2)27-23(29)20(14)13-28-9-8-16-11-21-22(12-19(16)24(28)30)32-25(3,31-21)17-4-6-18(26)7-5-17/h10-12,17-18H,4-9,13,26H2,1-3H3,(H,27,29)/t17-,18-,25?. The number of hydrogen-bond donors (Lipinski definition) is 2. The summed E-state index contributed by atoms with van der Waals surface area (Å²) >= 11 is 0. The second kappa shape index (κ2) is 7.66. The lowest BCUT2D eigenvalue weighted by atomic mass is 9.81. The van der Waals surface area contributed by atoms with Crippen LogP contribution in [0.3, 0.4) is 0 Å². The molecule has 1 fully saturated rings. The predicted molar refractivity (Wildman–Crippen MR) is 121 cm³/mol. The van der Waals surface area contributed by atoms with E-state index in [-0.39, 0.29) is 23.4 Å². The van der Waals surface area contributed by atoms with Gasteiger partial charge in [0.2, 0.25) is 0 Å². The summed E-state index contributed by atoms with van der Waals surface area (Å²) in [4.78, 5) is 30.3. The van der Waals surface area contributed by atoms with Crippen molar-refractivity contribution in [2.75, 3.05) is 6.54 Å². The summed E-state index contributed by atoms with van der Waals surface area (Å²) in [6.07, 6.45) is 4.62. The van der Waals surface area contributed by atoms with Gasteiger partial charge in [-0.1, -0.05) is 0 Å². The average molecular weight is 438 g/mol. The maximum atomic E-state index is 13.3. The zero-order chi connectivity index (χ0) is 22.6. The number of rotatable bonds is 3. The van der Waals surface area contributed by atoms with E-state index in [2.05, 4.69) is 4.98 Å². The third-order valence-electron chi connectivity index (χ3n) is 7.32. The Morgan fingerprint density at radius 2 is 1.78 bits per heavy atom. The van der Waals surface area contributed by atoms with Gasteiger partial charge in [-0.2, -0.15) is 0 Å². The molecule has 7 heteroatoms. The molecule has 1 saturated carbocycles. The number of nitrogens with zero attached hydrogens (tertiary/aromatic N) is 1. The van der Waals surface area contributed by atoms with E-state index in [1.807, 2.05) is 39.0 Å². The molecule has 1 unspecified atom stereocenters. The SMILES string of the molecule is Cc1cc(C)c(CN2CCc3cc4c(cc3C2=O)OC(C)([C@H]2CC[C@H](N)CC2)O4)c(=O)[nH]1. The van der Waals surface area contributed by atoms with Gasteiger partial charge in [0.05, 0.1) is 6.54 Å². The molecule has 1 aliphatic carbocycles. The van der Waals surface area contributed by atoms with Gasteiger partial charge < -0.3 is 25.1 Å². The van der Waals surface area contributed by atoms with Crippen LogP contribution in [-0.2, 0) is 13.0 Å². The van der Waals surface area contributed by atoms with Crippen molar-refractivity contribution >= 4 is 5.91 Å². The first kappa shape index (κ1) is 21.1. The Labute approximate surface area is 187 Å². The molecule has 1 aromatic heterocycles. The van der Waals surface area contributed by atoms with E-state index in [9.17, 15) is 9.59 Å². The number of benzene rings is 1. The van der Waals surface area contributed by atoms with Gasteiger partial charge in [0.15, 0.2) is 11.5 Å². The van der Waals surface area contributed by atoms with Crippen LogP contribution in [0.15, 0.2) is 23.0 Å². The second-order valence-corrected chi connectivity index (χ2v) is 9.71. The highest BCUT2D eigenvalue weighted by Gasteiger charge is 2.46. The van der Waals surface area contributed by atoms with Crippen LogP contribution in [0.25, 0.3) is 0 Å². The zero-order valence-corrected chi connectivity index (χ0v) is 19.0. The van der Waals surface area contributed by atoms with Crippen molar-refractivity contribution in [3.8, 4) is 11.5 Å². The average Bonchev–Trinajstić information content (AvgIpc) is 3.07. The zero-order valence-electron chi connectivity index (χ0n) is 19.0. The number of hydrogen-bond acceptors (Lipinski definition) is 5. The molecule has 3 N–H and O–H groups in total. The molecule has 2 aliphatic heterocycles. The van der Waals surface area contributed by atoms with Crippen LogP contribution < -0.4 is 20.8 Å². The van der Waals surface area contributed by atoms with Crippen LogP contribution in [0.4, 0.5) is 0 Å². The summed E-state index contributed by atoms with van der Waals surface area (Å²) in [5, 5.41) is 0. The lowest BCUT2D eigenvalue weighted by Gasteiger charge is -2.36. The van der Waals surface area contributed by atoms with Gasteiger partial charge in [0.1, 0.15) is 0 Å². The summed E-state index contributed by atoms with van der Waals surface area (Å²) in [6.45, 7) is 6.63. The van der Waals surface area contributed by atoms with Crippen molar-refractivity contribution in [3.63, 3.8) is 0 Å². The largest absolute Gasteiger partial charge is 0.448 e. The minimum absolute atomic E-state index is 0.0748. The van der Waals surface area contributed by atoms with Gasteiger partial charge in [-0.15, -0.1) is 0 Å². The summed E-state index contributed by atoms with van der Waals surface area (Å²) in [6, 6.07) is 5.99. The number of nitrogens with one attached hydrogen (secondary N) is 1. The van der Waals surface area contributed by atoms with E-state index in [0.717, 1.165) is 48.9 Å². The number of carbonyl (C=O) groups is 1. The van der Waals surface area contributed by atoms with E-state index in [1.54, 1.807) is 4.90 Å². The van der Waals surface area contributed by atoms with Gasteiger partial charge in [0.25, 0.3) is 17.3 Å². The highest BCUT2D eigenvalue weighted by molar-refractivity contribution is 5.97. The molecule has 1 aromatic carbocycles. The van der Waals surface area contributed by atoms with Crippen molar-refractivity contribution in [1.82, 2.24) is 9.88 Å². The van der Waals surface area contributed by atoms with Gasteiger partial charge >= 0.3 is 0 Å². The van der Waals surface area contributed by atoms with E-state index in [4.69, 9.17) is 15.2 Å². The topological polar surface area (TPSA) is 97.7 Å². The highest BCUT2D eigenvalue weighted by atomic mass is 16.7. The maximum Gasteiger partial charge on any atom is 0.254 e. The summed E-state index contributed by atoms with van der Waals surface area (Å²) < 4.78 is 12.6. The Kier molecular flexibility index (Phi) is 5.04. The summed E-state index contributed by atoms with van der Waals surface area (Å²) in [5.41, 5.74) is 9.90. The Morgan fingerprint density at radius 1 is 1.09 bits per heavy atom. The van der Waals surface area contributed by atoms with Crippen LogP contribution in [0, 0.1) is 19.8 Å². The molecule has 32 heavy (non-hydrogen) atoms. The minimum atomic E-state index is -0.721. The first-order chi connectivity index (χ1) is 15.2. The molecular weight excluding hydrogens is 406 g/mol. The number of aryl methyl sites for hydroxylation is 2. The number of ether oxygens (including phenoxy) is 2. The molecule has 0 radical (unpaired) electrons. The lowest BCUT2D eigenvalue weighted by molar-refractivity contribution is -0.120. The van der Waals surface area contributed by atoms with Crippen molar-refractivity contribution in [1.29, 1.82) is 0 Å². The molecule has 1 atom stereocenters. The molecule has 0 bridgehead atoms. The summed E-state index contributed by atoms with van der Waals surface area (Å²) in [7, 11) is 0. The van der Waals surface area contributed by atoms with Crippen molar-refractivity contribution in [2.45, 2.75) is 71.2 Å². The van der Waals surface area contributed by atoms with Crippen molar-refractivity contribution in [3.05, 3.63) is 56.5 Å². The first-order valence-electron chi connectivity index (χ1n) is 11.5. The number of nitrogens with two attached hydrogens (primary N) is 1. The lowest BCUT2D eigenvalue weighted by Crippen LogP contribution is -2.46. The fraction of sp³-hybridized carbons (Fsp3) is 0.520. The normalized spacial score (nSPS) is 26.9. The smallest absolute Gasteiger partial charge is 0.254 e. The summed E-state index contributed by atoms with van der Waals surface area (Å²) in [5.74, 6) is 0.819. The number of amides is 1. The first-order valence-corrected chi connectivity index (χ1v) is 11.5. The third kappa shape index (κ3) is 3.58. The van der Waals surface area contributed by atoms with Gasteiger partial charge in [0, 0.05) is 42.2 Å². The molecule has 0 saturated heterocycles. The van der Waals surface area contributed by atoms with Crippen LogP contribution in [0.1, 0.15) is 65.3 Å². The van der Waals surface area contributed by atoms with Crippen molar-refractivity contribution < 1.29 is 14.3 Å². The number of carbonyl (C=O) groups excluding carboxylic acids is 1.